The molecule has 0 aliphatic rings. The van der Waals surface area contributed by atoms with E-state index in [1.807, 2.05) is 0 Å². The number of hydrogen-bond acceptors (Lipinski definition) is 6. The third-order valence-corrected chi connectivity index (χ3v) is 1.12. The van der Waals surface area contributed by atoms with E-state index >= 15 is 0 Å². The molecule has 6 nitrogen and oxygen atoms in total. The lowest BCUT2D eigenvalue weighted by atomic mass is 10.5. The smallest absolute Gasteiger partial charge is 0.331 e. The van der Waals surface area contributed by atoms with Crippen LogP contribution in [0.1, 0.15) is 0 Å². The Labute approximate surface area is 92.1 Å². The highest BCUT2D eigenvalue weighted by atomic mass is 16.5. The minimum atomic E-state index is -0.824. The first-order chi connectivity index (χ1) is 7.41. The van der Waals surface area contributed by atoms with E-state index in [0.29, 0.717) is 0 Å². The molecule has 0 fully saturated rings. The molecule has 0 rings (SSSR count). The molecular weight excluding hydrogens is 216 g/mol. The SMILES string of the molecule is C=C(O)COC(=O)/C=C\C(=O)OCC(=C)O. The van der Waals surface area contributed by atoms with Crippen LogP contribution in [0.3, 0.4) is 0 Å². The van der Waals surface area contributed by atoms with Crippen molar-refractivity contribution in [3.63, 3.8) is 0 Å². The summed E-state index contributed by atoms with van der Waals surface area (Å²) in [4.78, 5) is 21.7. The van der Waals surface area contributed by atoms with Crippen LogP contribution >= 0.6 is 0 Å². The maximum Gasteiger partial charge on any atom is 0.331 e. The molecule has 0 heterocycles. The highest BCUT2D eigenvalue weighted by Gasteiger charge is 2.01. The minimum absolute atomic E-state index is 0.305. The van der Waals surface area contributed by atoms with Crippen molar-refractivity contribution in [3.05, 3.63) is 36.8 Å². The van der Waals surface area contributed by atoms with E-state index in [1.165, 1.54) is 0 Å². The van der Waals surface area contributed by atoms with E-state index in [0.717, 1.165) is 12.2 Å². The van der Waals surface area contributed by atoms with Crippen LogP contribution < -0.4 is 0 Å². The van der Waals surface area contributed by atoms with Crippen LogP contribution in [0, 0.1) is 0 Å². The summed E-state index contributed by atoms with van der Waals surface area (Å²) in [5.74, 6) is -2.26. The number of ether oxygens (including phenoxy) is 2. The number of hydrogen-bond donors (Lipinski definition) is 2. The zero-order chi connectivity index (χ0) is 12.6. The third kappa shape index (κ3) is 8.36. The molecule has 0 aromatic rings. The quantitative estimate of drug-likeness (QED) is 0.396. The van der Waals surface area contributed by atoms with Crippen LogP contribution in [0.2, 0.25) is 0 Å². The van der Waals surface area contributed by atoms with Crippen LogP contribution in [0.4, 0.5) is 0 Å². The number of aliphatic hydroxyl groups excluding tert-OH is 2. The standard InChI is InChI=1S/C10H12O6/c1-7(11)5-15-9(13)3-4-10(14)16-6-8(2)12/h3-4,11-12H,1-2,5-6H2/b4-3-. The number of aliphatic hydroxyl groups is 2. The average molecular weight is 228 g/mol. The second kappa shape index (κ2) is 7.10. The number of rotatable bonds is 6. The van der Waals surface area contributed by atoms with Crippen LogP contribution in [0.5, 0.6) is 0 Å². The van der Waals surface area contributed by atoms with Gasteiger partial charge in [-0.15, -0.1) is 0 Å². The van der Waals surface area contributed by atoms with Crippen molar-refractivity contribution in [2.45, 2.75) is 0 Å². The lowest BCUT2D eigenvalue weighted by molar-refractivity contribution is -0.140. The summed E-state index contributed by atoms with van der Waals surface area (Å²) in [6, 6.07) is 0. The fourth-order valence-electron chi connectivity index (χ4n) is 0.541. The number of carbonyl (C=O) groups is 2. The molecule has 0 saturated carbocycles. The van der Waals surface area contributed by atoms with Gasteiger partial charge in [-0.2, -0.15) is 0 Å². The molecule has 6 heteroatoms. The number of carbonyl (C=O) groups excluding carboxylic acids is 2. The molecule has 0 radical (unpaired) electrons. The first kappa shape index (κ1) is 13.8. The molecule has 0 aliphatic heterocycles. The molecule has 16 heavy (non-hydrogen) atoms. The Hall–Kier alpha value is -2.24. The Kier molecular flexibility index (Phi) is 6.11. The summed E-state index contributed by atoms with van der Waals surface area (Å²) >= 11 is 0. The Morgan fingerprint density at radius 3 is 1.50 bits per heavy atom. The lowest BCUT2D eigenvalue weighted by Gasteiger charge is -2.00. The second-order valence-electron chi connectivity index (χ2n) is 2.68. The molecule has 0 bridgehead atoms. The highest BCUT2D eigenvalue weighted by molar-refractivity contribution is 5.91. The zero-order valence-electron chi connectivity index (χ0n) is 8.51. The van der Waals surface area contributed by atoms with Gasteiger partial charge in [0.1, 0.15) is 24.7 Å². The van der Waals surface area contributed by atoms with Crippen molar-refractivity contribution < 1.29 is 29.3 Å². The topological polar surface area (TPSA) is 93.1 Å². The van der Waals surface area contributed by atoms with Gasteiger partial charge in [0.05, 0.1) is 0 Å². The summed E-state index contributed by atoms with van der Waals surface area (Å²) < 4.78 is 8.86. The van der Waals surface area contributed by atoms with Gasteiger partial charge in [0.25, 0.3) is 0 Å². The molecule has 0 atom stereocenters. The van der Waals surface area contributed by atoms with Crippen molar-refractivity contribution in [1.82, 2.24) is 0 Å². The van der Waals surface area contributed by atoms with Crippen LogP contribution in [0.25, 0.3) is 0 Å². The molecule has 2 N–H and O–H groups in total. The normalized spacial score (nSPS) is 9.75. The Balaban J connectivity index is 3.88. The van der Waals surface area contributed by atoms with Crippen LogP contribution in [-0.2, 0) is 19.1 Å². The third-order valence-electron chi connectivity index (χ3n) is 1.12. The minimum Gasteiger partial charge on any atom is -0.509 e. The summed E-state index contributed by atoms with van der Waals surface area (Å²) in [6.07, 6.45) is 1.65. The van der Waals surface area contributed by atoms with Gasteiger partial charge in [-0.25, -0.2) is 9.59 Å². The number of esters is 2. The summed E-state index contributed by atoms with van der Waals surface area (Å²) in [5, 5.41) is 17.2. The lowest BCUT2D eigenvalue weighted by Crippen LogP contribution is -2.07. The summed E-state index contributed by atoms with van der Waals surface area (Å²) in [5.41, 5.74) is 0. The van der Waals surface area contributed by atoms with Gasteiger partial charge in [-0.1, -0.05) is 13.2 Å². The van der Waals surface area contributed by atoms with E-state index in [2.05, 4.69) is 22.6 Å². The van der Waals surface area contributed by atoms with Crippen LogP contribution in [0.15, 0.2) is 36.8 Å². The fourth-order valence-corrected chi connectivity index (χ4v) is 0.541. The van der Waals surface area contributed by atoms with E-state index in [9.17, 15) is 9.59 Å². The van der Waals surface area contributed by atoms with Crippen molar-refractivity contribution in [3.8, 4) is 0 Å². The van der Waals surface area contributed by atoms with Gasteiger partial charge in [0, 0.05) is 12.2 Å². The van der Waals surface area contributed by atoms with Crippen molar-refractivity contribution in [2.75, 3.05) is 13.2 Å². The summed E-state index contributed by atoms with van der Waals surface area (Å²) in [7, 11) is 0. The van der Waals surface area contributed by atoms with E-state index in [1.54, 1.807) is 0 Å². The van der Waals surface area contributed by atoms with Gasteiger partial charge < -0.3 is 19.7 Å². The van der Waals surface area contributed by atoms with Gasteiger partial charge >= 0.3 is 11.9 Å². The first-order valence-corrected chi connectivity index (χ1v) is 4.17. The zero-order valence-corrected chi connectivity index (χ0v) is 8.51. The van der Waals surface area contributed by atoms with Crippen LogP contribution in [-0.4, -0.2) is 35.4 Å². The molecule has 0 spiro atoms. The molecule has 88 valence electrons. The molecule has 0 aromatic carbocycles. The van der Waals surface area contributed by atoms with Gasteiger partial charge in [0.2, 0.25) is 0 Å². The fraction of sp³-hybridized carbons (Fsp3) is 0.200. The summed E-state index contributed by atoms with van der Waals surface area (Å²) in [6.45, 7) is 5.51. The molecule has 0 saturated heterocycles. The maximum absolute atomic E-state index is 10.9. The Morgan fingerprint density at radius 1 is 0.938 bits per heavy atom. The van der Waals surface area contributed by atoms with Crippen molar-refractivity contribution in [1.29, 1.82) is 0 Å². The van der Waals surface area contributed by atoms with Crippen molar-refractivity contribution >= 4 is 11.9 Å². The molecular formula is C10H12O6. The van der Waals surface area contributed by atoms with Crippen molar-refractivity contribution in [2.24, 2.45) is 0 Å². The van der Waals surface area contributed by atoms with E-state index < -0.39 is 11.9 Å². The molecule has 0 aliphatic carbocycles. The molecule has 0 unspecified atom stereocenters. The largest absolute Gasteiger partial charge is 0.509 e. The van der Waals surface area contributed by atoms with Gasteiger partial charge in [-0.3, -0.25) is 0 Å². The monoisotopic (exact) mass is 228 g/mol. The predicted molar refractivity (Wildman–Crippen MR) is 54.6 cm³/mol. The van der Waals surface area contributed by atoms with E-state index in [4.69, 9.17) is 10.2 Å². The Bertz CT molecular complexity index is 296. The first-order valence-electron chi connectivity index (χ1n) is 4.17. The highest BCUT2D eigenvalue weighted by Crippen LogP contribution is 1.90. The molecule has 0 aromatic heterocycles. The predicted octanol–water partition coefficient (Wildman–Crippen LogP) is 0.772. The second-order valence-corrected chi connectivity index (χ2v) is 2.68. The Morgan fingerprint density at radius 2 is 1.25 bits per heavy atom. The van der Waals surface area contributed by atoms with Gasteiger partial charge in [-0.05, 0) is 0 Å². The molecule has 0 amide bonds. The average Bonchev–Trinajstić information content (AvgIpc) is 2.20. The van der Waals surface area contributed by atoms with E-state index in [-0.39, 0.29) is 24.7 Å². The maximum atomic E-state index is 10.9. The van der Waals surface area contributed by atoms with Gasteiger partial charge in [0.15, 0.2) is 0 Å².